The molecule has 0 saturated carbocycles. The van der Waals surface area contributed by atoms with Crippen LogP contribution in [-0.2, 0) is 0 Å². The number of unbranched alkanes of at least 4 members (excludes halogenated alkanes) is 1. The molecule has 116 valence electrons. The topological polar surface area (TPSA) is 52.6 Å². The molecule has 0 aromatic heterocycles. The number of aromatic hydroxyl groups is 1. The molecule has 1 fully saturated rings. The van der Waals surface area contributed by atoms with Crippen LogP contribution < -0.4 is 5.32 Å². The maximum absolute atomic E-state index is 12.7. The van der Waals surface area contributed by atoms with Crippen LogP contribution in [0, 0.1) is 6.92 Å². The molecular formula is C17H26N2O2. The van der Waals surface area contributed by atoms with Gasteiger partial charge in [0.05, 0.1) is 5.56 Å². The highest BCUT2D eigenvalue weighted by atomic mass is 16.3. The van der Waals surface area contributed by atoms with Crippen molar-refractivity contribution in [2.24, 2.45) is 0 Å². The molecule has 4 heteroatoms. The molecule has 1 unspecified atom stereocenters. The standard InChI is InChI=1S/C17H26N2O2/c1-3-4-10-19(12-14-6-5-9-18-14)17(21)15-11-13(2)7-8-16(15)20/h7-8,11,14,18,20H,3-6,9-10,12H2,1-2H3. The fraction of sp³-hybridized carbons (Fsp3) is 0.588. The highest BCUT2D eigenvalue weighted by Gasteiger charge is 2.23. The number of phenols is 1. The summed E-state index contributed by atoms with van der Waals surface area (Å²) in [4.78, 5) is 14.6. The second-order valence-corrected chi connectivity index (χ2v) is 5.92. The second-order valence-electron chi connectivity index (χ2n) is 5.92. The summed E-state index contributed by atoms with van der Waals surface area (Å²) in [7, 11) is 0. The molecule has 1 aromatic rings. The number of benzene rings is 1. The molecule has 1 saturated heterocycles. The molecule has 1 aromatic carbocycles. The van der Waals surface area contributed by atoms with E-state index in [9.17, 15) is 9.90 Å². The summed E-state index contributed by atoms with van der Waals surface area (Å²) in [6.45, 7) is 6.58. The van der Waals surface area contributed by atoms with Crippen molar-refractivity contribution in [3.8, 4) is 5.75 Å². The minimum Gasteiger partial charge on any atom is -0.507 e. The zero-order chi connectivity index (χ0) is 15.2. The van der Waals surface area contributed by atoms with Gasteiger partial charge in [0.2, 0.25) is 0 Å². The van der Waals surface area contributed by atoms with Gasteiger partial charge in [-0.05, 0) is 44.9 Å². The quantitative estimate of drug-likeness (QED) is 0.847. The molecule has 1 aliphatic heterocycles. The minimum atomic E-state index is -0.0571. The van der Waals surface area contributed by atoms with Gasteiger partial charge < -0.3 is 15.3 Å². The zero-order valence-electron chi connectivity index (χ0n) is 13.1. The fourth-order valence-corrected chi connectivity index (χ4v) is 2.79. The van der Waals surface area contributed by atoms with Crippen LogP contribution in [0.1, 0.15) is 48.5 Å². The van der Waals surface area contributed by atoms with E-state index in [1.807, 2.05) is 17.9 Å². The van der Waals surface area contributed by atoms with Gasteiger partial charge >= 0.3 is 0 Å². The zero-order valence-corrected chi connectivity index (χ0v) is 13.1. The van der Waals surface area contributed by atoms with E-state index >= 15 is 0 Å². The van der Waals surface area contributed by atoms with Crippen LogP contribution in [0.2, 0.25) is 0 Å². The molecule has 1 heterocycles. The number of aryl methyl sites for hydroxylation is 1. The van der Waals surface area contributed by atoms with Gasteiger partial charge in [-0.1, -0.05) is 25.0 Å². The number of carbonyl (C=O) groups is 1. The van der Waals surface area contributed by atoms with Crippen LogP contribution in [0.25, 0.3) is 0 Å². The molecule has 21 heavy (non-hydrogen) atoms. The molecule has 2 rings (SSSR count). The average Bonchev–Trinajstić information content (AvgIpc) is 2.98. The number of rotatable bonds is 6. The molecule has 1 atom stereocenters. The van der Waals surface area contributed by atoms with Gasteiger partial charge in [-0.2, -0.15) is 0 Å². The molecular weight excluding hydrogens is 264 g/mol. The predicted molar refractivity (Wildman–Crippen MR) is 84.7 cm³/mol. The largest absolute Gasteiger partial charge is 0.507 e. The molecule has 0 aliphatic carbocycles. The summed E-state index contributed by atoms with van der Waals surface area (Å²) in [5.41, 5.74) is 1.41. The highest BCUT2D eigenvalue weighted by Crippen LogP contribution is 2.21. The smallest absolute Gasteiger partial charge is 0.257 e. The summed E-state index contributed by atoms with van der Waals surface area (Å²) >= 11 is 0. The van der Waals surface area contributed by atoms with Crippen molar-refractivity contribution in [2.45, 2.75) is 45.6 Å². The maximum Gasteiger partial charge on any atom is 0.257 e. The first-order valence-electron chi connectivity index (χ1n) is 7.94. The Hall–Kier alpha value is -1.55. The third-order valence-electron chi connectivity index (χ3n) is 4.05. The van der Waals surface area contributed by atoms with Crippen LogP contribution in [0.5, 0.6) is 5.75 Å². The van der Waals surface area contributed by atoms with Crippen molar-refractivity contribution in [1.29, 1.82) is 0 Å². The first-order chi connectivity index (χ1) is 10.1. The highest BCUT2D eigenvalue weighted by molar-refractivity contribution is 5.97. The number of hydrogen-bond donors (Lipinski definition) is 2. The number of hydrogen-bond acceptors (Lipinski definition) is 3. The van der Waals surface area contributed by atoms with E-state index < -0.39 is 0 Å². The van der Waals surface area contributed by atoms with Crippen molar-refractivity contribution in [3.63, 3.8) is 0 Å². The molecule has 4 nitrogen and oxygen atoms in total. The van der Waals surface area contributed by atoms with Crippen LogP contribution in [0.4, 0.5) is 0 Å². The van der Waals surface area contributed by atoms with Crippen molar-refractivity contribution >= 4 is 5.91 Å². The lowest BCUT2D eigenvalue weighted by atomic mass is 10.1. The number of amides is 1. The molecule has 0 radical (unpaired) electrons. The maximum atomic E-state index is 12.7. The van der Waals surface area contributed by atoms with Gasteiger partial charge in [-0.3, -0.25) is 4.79 Å². The van der Waals surface area contributed by atoms with Crippen LogP contribution in [-0.4, -0.2) is 41.6 Å². The summed E-state index contributed by atoms with van der Waals surface area (Å²) in [6, 6.07) is 5.59. The van der Waals surface area contributed by atoms with Gasteiger partial charge in [0.1, 0.15) is 5.75 Å². The molecule has 1 aliphatic rings. The fourth-order valence-electron chi connectivity index (χ4n) is 2.79. The first-order valence-corrected chi connectivity index (χ1v) is 7.94. The van der Waals surface area contributed by atoms with Crippen molar-refractivity contribution in [1.82, 2.24) is 10.2 Å². The number of carbonyl (C=O) groups excluding carboxylic acids is 1. The van der Waals surface area contributed by atoms with Crippen LogP contribution in [0.15, 0.2) is 18.2 Å². The Morgan fingerprint density at radius 2 is 2.29 bits per heavy atom. The van der Waals surface area contributed by atoms with Gasteiger partial charge in [-0.25, -0.2) is 0 Å². The van der Waals surface area contributed by atoms with E-state index in [-0.39, 0.29) is 11.7 Å². The number of nitrogens with zero attached hydrogens (tertiary/aromatic N) is 1. The number of phenolic OH excluding ortho intramolecular Hbond substituents is 1. The Kier molecular flexibility index (Phi) is 5.62. The van der Waals surface area contributed by atoms with Gasteiger partial charge in [0.15, 0.2) is 0 Å². The van der Waals surface area contributed by atoms with Gasteiger partial charge in [-0.15, -0.1) is 0 Å². The third-order valence-corrected chi connectivity index (χ3v) is 4.05. The van der Waals surface area contributed by atoms with Gasteiger partial charge in [0.25, 0.3) is 5.91 Å². The molecule has 2 N–H and O–H groups in total. The monoisotopic (exact) mass is 290 g/mol. The Labute approximate surface area is 127 Å². The normalized spacial score (nSPS) is 17.9. The summed E-state index contributed by atoms with van der Waals surface area (Å²) in [6.07, 6.45) is 4.35. The lowest BCUT2D eigenvalue weighted by Gasteiger charge is -2.26. The molecule has 1 amide bonds. The van der Waals surface area contributed by atoms with E-state index in [2.05, 4.69) is 12.2 Å². The predicted octanol–water partition coefficient (Wildman–Crippen LogP) is 2.69. The lowest BCUT2D eigenvalue weighted by molar-refractivity contribution is 0.0736. The second kappa shape index (κ2) is 7.46. The Morgan fingerprint density at radius 1 is 1.48 bits per heavy atom. The Morgan fingerprint density at radius 3 is 2.95 bits per heavy atom. The summed E-state index contributed by atoms with van der Waals surface area (Å²) < 4.78 is 0. The van der Waals surface area contributed by atoms with Crippen LogP contribution in [0.3, 0.4) is 0 Å². The average molecular weight is 290 g/mol. The van der Waals surface area contributed by atoms with Crippen LogP contribution >= 0.6 is 0 Å². The van der Waals surface area contributed by atoms with Crippen molar-refractivity contribution in [3.05, 3.63) is 29.3 Å². The molecule has 0 bridgehead atoms. The Bertz CT molecular complexity index is 482. The van der Waals surface area contributed by atoms with Gasteiger partial charge in [0, 0.05) is 19.1 Å². The lowest BCUT2D eigenvalue weighted by Crippen LogP contribution is -2.41. The van der Waals surface area contributed by atoms with E-state index in [4.69, 9.17) is 0 Å². The van der Waals surface area contributed by atoms with E-state index in [1.165, 1.54) is 6.42 Å². The Balaban J connectivity index is 2.13. The summed E-state index contributed by atoms with van der Waals surface area (Å²) in [5, 5.41) is 13.4. The SMILES string of the molecule is CCCCN(CC1CCCN1)C(=O)c1cc(C)ccc1O. The molecule has 0 spiro atoms. The van der Waals surface area contributed by atoms with E-state index in [1.54, 1.807) is 12.1 Å². The van der Waals surface area contributed by atoms with E-state index in [0.29, 0.717) is 11.6 Å². The number of nitrogens with one attached hydrogen (secondary N) is 1. The van der Waals surface area contributed by atoms with Crippen molar-refractivity contribution < 1.29 is 9.90 Å². The van der Waals surface area contributed by atoms with E-state index in [0.717, 1.165) is 44.5 Å². The summed E-state index contributed by atoms with van der Waals surface area (Å²) in [5.74, 6) is 0.0184. The first kappa shape index (κ1) is 15.8. The third kappa shape index (κ3) is 4.21. The van der Waals surface area contributed by atoms with Crippen molar-refractivity contribution in [2.75, 3.05) is 19.6 Å². The minimum absolute atomic E-state index is 0.0571.